The van der Waals surface area contributed by atoms with Gasteiger partial charge >= 0.3 is 23.5 Å². The number of aromatic nitrogens is 4. The fraction of sp³-hybridized carbons (Fsp3) is 0.680. The third-order valence-corrected chi connectivity index (χ3v) is 11.3. The smallest absolute Gasteiger partial charge is 0.386 e. The van der Waals surface area contributed by atoms with Crippen molar-refractivity contribution in [3.05, 3.63) is 12.7 Å². The van der Waals surface area contributed by atoms with E-state index in [1.54, 1.807) is 0 Å². The summed E-state index contributed by atoms with van der Waals surface area (Å²) in [6, 6.07) is 0. The highest BCUT2D eigenvalue weighted by Gasteiger charge is 2.50. The number of phosphoric acid groups is 3. The number of nitrogens with two attached hydrogens (primary N) is 1. The minimum Gasteiger partial charge on any atom is -0.386 e. The lowest BCUT2D eigenvalue weighted by Gasteiger charge is -2.30. The number of fused-ring (bicyclic) bond motifs is 1. The molecule has 0 spiro atoms. The average molecular weight is 838 g/mol. The SMILES string of the molecule is CCCC(=O)SCCNC(=O)CCNC(=O)C(O)C(C)(C)COP(=O)(O)OP(=O)(O)OC[C@H]1O[C@@H](n2cnc3c(N)ncnc32)[C@H](O)[C@H]1OP(=O)(O)O. The molecule has 0 radical (unpaired) electrons. The van der Waals surface area contributed by atoms with Gasteiger partial charge < -0.3 is 50.9 Å². The summed E-state index contributed by atoms with van der Waals surface area (Å²) in [4.78, 5) is 86.8. The highest BCUT2D eigenvalue weighted by Crippen LogP contribution is 2.61. The average Bonchev–Trinajstić information content (AvgIpc) is 3.61. The summed E-state index contributed by atoms with van der Waals surface area (Å²) in [6.07, 6.45) is -5.73. The Morgan fingerprint density at radius 3 is 2.40 bits per heavy atom. The molecule has 1 fully saturated rings. The first-order valence-corrected chi connectivity index (χ1v) is 21.1. The summed E-state index contributed by atoms with van der Waals surface area (Å²) in [7, 11) is -16.4. The van der Waals surface area contributed by atoms with Crippen LogP contribution in [0.15, 0.2) is 12.7 Å². The van der Waals surface area contributed by atoms with E-state index in [1.807, 2.05) is 6.92 Å². The topological polar surface area (TPSA) is 364 Å². The zero-order chi connectivity index (χ0) is 39.8. The number of hydrogen-bond acceptors (Lipinski definition) is 18. The minimum atomic E-state index is -5.56. The summed E-state index contributed by atoms with van der Waals surface area (Å²) < 4.78 is 61.9. The van der Waals surface area contributed by atoms with Crippen LogP contribution >= 0.6 is 35.2 Å². The van der Waals surface area contributed by atoms with E-state index in [2.05, 4.69) is 34.4 Å². The Hall–Kier alpha value is -2.44. The van der Waals surface area contributed by atoms with Crippen molar-refractivity contribution < 1.29 is 80.5 Å². The predicted molar refractivity (Wildman–Crippen MR) is 182 cm³/mol. The Kier molecular flexibility index (Phi) is 16.1. The number of rotatable bonds is 21. The lowest BCUT2D eigenvalue weighted by molar-refractivity contribution is -0.137. The maximum atomic E-state index is 12.6. The number of aliphatic hydroxyl groups excluding tert-OH is 2. The van der Waals surface area contributed by atoms with Crippen molar-refractivity contribution in [2.45, 2.75) is 70.7 Å². The number of hydrogen-bond donors (Lipinski definition) is 9. The molecule has 3 rings (SSSR count). The zero-order valence-electron chi connectivity index (χ0n) is 28.5. The van der Waals surface area contributed by atoms with Crippen LogP contribution in [0.25, 0.3) is 11.2 Å². The Bertz CT molecular complexity index is 1750. The lowest BCUT2D eigenvalue weighted by atomic mass is 9.87. The second kappa shape index (κ2) is 18.9. The molecule has 2 aromatic heterocycles. The normalized spacial score (nSPS) is 22.2. The number of imidazole rings is 1. The van der Waals surface area contributed by atoms with E-state index < -0.39 is 84.6 Å². The van der Waals surface area contributed by atoms with Crippen molar-refractivity contribution >= 4 is 69.1 Å². The van der Waals surface area contributed by atoms with Gasteiger partial charge in [-0.25, -0.2) is 28.6 Å². The molecule has 53 heavy (non-hydrogen) atoms. The summed E-state index contributed by atoms with van der Waals surface area (Å²) in [5.74, 6) is -1.06. The van der Waals surface area contributed by atoms with E-state index in [9.17, 15) is 57.9 Å². The largest absolute Gasteiger partial charge is 0.481 e. The van der Waals surface area contributed by atoms with Crippen LogP contribution in [0.3, 0.4) is 0 Å². The molecular formula is C25H42N7O17P3S. The summed E-state index contributed by atoms with van der Waals surface area (Å²) in [5, 5.41) is 26.3. The molecule has 1 aliphatic heterocycles. The van der Waals surface area contributed by atoms with Crippen molar-refractivity contribution in [2.75, 3.05) is 37.8 Å². The van der Waals surface area contributed by atoms with Crippen LogP contribution in [0.2, 0.25) is 0 Å². The van der Waals surface area contributed by atoms with E-state index in [-0.39, 0.29) is 41.6 Å². The van der Waals surface area contributed by atoms with Gasteiger partial charge in [-0.2, -0.15) is 4.31 Å². The van der Waals surface area contributed by atoms with Crippen molar-refractivity contribution in [1.82, 2.24) is 30.2 Å². The van der Waals surface area contributed by atoms with Gasteiger partial charge in [-0.15, -0.1) is 0 Å². The second-order valence-electron chi connectivity index (χ2n) is 12.0. The van der Waals surface area contributed by atoms with Crippen LogP contribution in [0.5, 0.6) is 0 Å². The number of carbonyl (C=O) groups excluding carboxylic acids is 3. The molecule has 0 saturated carbocycles. The van der Waals surface area contributed by atoms with Crippen molar-refractivity contribution in [1.29, 1.82) is 0 Å². The molecule has 1 saturated heterocycles. The second-order valence-corrected chi connectivity index (χ2v) is 17.4. The summed E-state index contributed by atoms with van der Waals surface area (Å²) >= 11 is 1.09. The zero-order valence-corrected chi connectivity index (χ0v) is 32.0. The molecule has 10 N–H and O–H groups in total. The maximum absolute atomic E-state index is 12.6. The molecule has 3 heterocycles. The number of nitrogens with zero attached hydrogens (tertiary/aromatic N) is 4. The standard InChI is InChI=1S/C25H42N7O17P3S/c1-4-5-16(34)53-9-8-27-15(33)6-7-28-23(37)20(36)25(2,3)11-46-52(43,44)49-51(41,42)45-10-14-19(48-50(38,39)40)18(35)24(47-14)32-13-31-17-21(26)29-12-30-22(17)32/h12-14,18-20,24,35-36H,4-11H2,1-3H3,(H,27,33)(H,28,37)(H,41,42)(H,43,44)(H2,26,29,30)(H2,38,39,40)/t14-,18-,19+,20?,24-/m1/s1. The predicted octanol–water partition coefficient (Wildman–Crippen LogP) is -0.535. The quantitative estimate of drug-likeness (QED) is 0.0563. The van der Waals surface area contributed by atoms with E-state index >= 15 is 0 Å². The number of amides is 2. The molecule has 0 bridgehead atoms. The van der Waals surface area contributed by atoms with E-state index in [0.29, 0.717) is 12.2 Å². The van der Waals surface area contributed by atoms with Crippen molar-refractivity contribution in [3.8, 4) is 0 Å². The van der Waals surface area contributed by atoms with Gasteiger partial charge in [0.25, 0.3) is 0 Å². The van der Waals surface area contributed by atoms with Gasteiger partial charge in [-0.3, -0.25) is 32.5 Å². The highest BCUT2D eigenvalue weighted by molar-refractivity contribution is 8.13. The minimum absolute atomic E-state index is 0.0127. The first-order chi connectivity index (χ1) is 24.6. The molecule has 7 atom stereocenters. The van der Waals surface area contributed by atoms with E-state index in [4.69, 9.17) is 19.5 Å². The van der Waals surface area contributed by atoms with Crippen LogP contribution in [0.1, 0.15) is 46.3 Å². The van der Waals surface area contributed by atoms with Crippen LogP contribution in [-0.4, -0.2) is 123 Å². The lowest BCUT2D eigenvalue weighted by Crippen LogP contribution is -2.46. The van der Waals surface area contributed by atoms with E-state index in [0.717, 1.165) is 35.4 Å². The molecule has 2 aromatic rings. The molecule has 300 valence electrons. The summed E-state index contributed by atoms with van der Waals surface area (Å²) in [6.45, 7) is 2.41. The molecule has 28 heteroatoms. The maximum Gasteiger partial charge on any atom is 0.481 e. The molecule has 1 aliphatic rings. The number of nitrogens with one attached hydrogen (secondary N) is 2. The van der Waals surface area contributed by atoms with Crippen LogP contribution in [0, 0.1) is 5.41 Å². The van der Waals surface area contributed by atoms with E-state index in [1.165, 1.54) is 13.8 Å². The third-order valence-electron chi connectivity index (χ3n) is 7.22. The summed E-state index contributed by atoms with van der Waals surface area (Å²) in [5.41, 5.74) is 4.27. The monoisotopic (exact) mass is 837 g/mol. The molecule has 0 aliphatic carbocycles. The van der Waals surface area contributed by atoms with Gasteiger partial charge in [-0.05, 0) is 6.42 Å². The molecular weight excluding hydrogens is 795 g/mol. The molecule has 24 nitrogen and oxygen atoms in total. The fourth-order valence-electron chi connectivity index (χ4n) is 4.57. The number of nitrogen functional groups attached to an aromatic ring is 1. The number of carbonyl (C=O) groups is 3. The van der Waals surface area contributed by atoms with Crippen molar-refractivity contribution in [3.63, 3.8) is 0 Å². The number of aliphatic hydroxyl groups is 2. The van der Waals surface area contributed by atoms with Crippen LogP contribution in [0.4, 0.5) is 5.82 Å². The first-order valence-electron chi connectivity index (χ1n) is 15.6. The third kappa shape index (κ3) is 13.7. The van der Waals surface area contributed by atoms with Crippen LogP contribution < -0.4 is 16.4 Å². The van der Waals surface area contributed by atoms with Gasteiger partial charge in [0.05, 0.1) is 19.5 Å². The number of ether oxygens (including phenoxy) is 1. The molecule has 0 aromatic carbocycles. The molecule has 3 unspecified atom stereocenters. The Balaban J connectivity index is 1.52. The van der Waals surface area contributed by atoms with Gasteiger partial charge in [-0.1, -0.05) is 32.5 Å². The Morgan fingerprint density at radius 2 is 1.74 bits per heavy atom. The first kappa shape index (κ1) is 45.0. The number of thioether (sulfide) groups is 1. The Labute approximate surface area is 306 Å². The van der Waals surface area contributed by atoms with Crippen molar-refractivity contribution in [2.24, 2.45) is 5.41 Å². The van der Waals surface area contributed by atoms with Gasteiger partial charge in [0, 0.05) is 37.1 Å². The number of phosphoric ester groups is 3. The van der Waals surface area contributed by atoms with Crippen LogP contribution in [-0.2, 0) is 50.7 Å². The van der Waals surface area contributed by atoms with Gasteiger partial charge in [0.1, 0.15) is 36.3 Å². The van der Waals surface area contributed by atoms with Gasteiger partial charge in [0.2, 0.25) is 11.8 Å². The highest BCUT2D eigenvalue weighted by atomic mass is 32.2. The fourth-order valence-corrected chi connectivity index (χ4v) is 8.18. The number of anilines is 1. The molecule has 2 amide bonds. The Morgan fingerprint density at radius 1 is 1.06 bits per heavy atom. The van der Waals surface area contributed by atoms with Gasteiger partial charge in [0.15, 0.2) is 22.8 Å².